The molecule has 5 heteroatoms. The minimum atomic E-state index is -0.0849. The molecule has 0 saturated carbocycles. The smallest absolute Gasteiger partial charge is 0.305 e. The third-order valence-electron chi connectivity index (χ3n) is 2.78. The Morgan fingerprint density at radius 2 is 1.89 bits per heavy atom. The number of unbranched alkanes of at least 4 members (excludes halogenated alkanes) is 2. The summed E-state index contributed by atoms with van der Waals surface area (Å²) < 4.78 is 4.88. The lowest BCUT2D eigenvalue weighted by Crippen LogP contribution is -2.28. The SMILES string of the molecule is CCOC(=O)CCCCCN(CC)CCC(N)=S. The molecule has 18 heavy (non-hydrogen) atoms. The van der Waals surface area contributed by atoms with E-state index in [1.807, 2.05) is 6.92 Å². The van der Waals surface area contributed by atoms with Crippen LogP contribution in [-0.2, 0) is 9.53 Å². The van der Waals surface area contributed by atoms with Gasteiger partial charge >= 0.3 is 5.97 Å². The molecule has 0 unspecified atom stereocenters. The Labute approximate surface area is 116 Å². The molecule has 0 saturated heterocycles. The van der Waals surface area contributed by atoms with Gasteiger partial charge in [0.15, 0.2) is 0 Å². The van der Waals surface area contributed by atoms with Crippen LogP contribution in [0, 0.1) is 0 Å². The first-order chi connectivity index (χ1) is 8.60. The Morgan fingerprint density at radius 1 is 1.17 bits per heavy atom. The molecule has 4 nitrogen and oxygen atoms in total. The van der Waals surface area contributed by atoms with Crippen molar-refractivity contribution in [2.75, 3.05) is 26.2 Å². The Bertz CT molecular complexity index is 247. The van der Waals surface area contributed by atoms with Gasteiger partial charge in [-0.25, -0.2) is 0 Å². The van der Waals surface area contributed by atoms with Crippen molar-refractivity contribution in [1.29, 1.82) is 0 Å². The van der Waals surface area contributed by atoms with Crippen LogP contribution in [-0.4, -0.2) is 42.1 Å². The summed E-state index contributed by atoms with van der Waals surface area (Å²) >= 11 is 4.87. The van der Waals surface area contributed by atoms with Crippen molar-refractivity contribution in [3.05, 3.63) is 0 Å². The van der Waals surface area contributed by atoms with Gasteiger partial charge in [-0.1, -0.05) is 25.6 Å². The predicted octanol–water partition coefficient (Wildman–Crippen LogP) is 2.11. The maximum absolute atomic E-state index is 11.1. The van der Waals surface area contributed by atoms with Crippen molar-refractivity contribution < 1.29 is 9.53 Å². The summed E-state index contributed by atoms with van der Waals surface area (Å²) in [5.41, 5.74) is 5.49. The number of nitrogens with two attached hydrogens (primary N) is 1. The monoisotopic (exact) mass is 274 g/mol. The van der Waals surface area contributed by atoms with Crippen LogP contribution >= 0.6 is 12.2 Å². The second kappa shape index (κ2) is 11.4. The number of thiocarbonyl (C=S) groups is 1. The summed E-state index contributed by atoms with van der Waals surface area (Å²) in [6.45, 7) is 7.44. The first-order valence-corrected chi connectivity index (χ1v) is 7.17. The molecule has 2 N–H and O–H groups in total. The fraction of sp³-hybridized carbons (Fsp3) is 0.846. The second-order valence-corrected chi connectivity index (χ2v) is 4.79. The highest BCUT2D eigenvalue weighted by Gasteiger charge is 2.04. The molecular formula is C13H26N2O2S. The molecule has 0 amide bonds. The van der Waals surface area contributed by atoms with Gasteiger partial charge in [-0.3, -0.25) is 4.79 Å². The normalized spacial score (nSPS) is 10.6. The van der Waals surface area contributed by atoms with Gasteiger partial charge in [0.2, 0.25) is 0 Å². The molecule has 0 fully saturated rings. The van der Waals surface area contributed by atoms with Gasteiger partial charge in [-0.15, -0.1) is 0 Å². The highest BCUT2D eigenvalue weighted by molar-refractivity contribution is 7.80. The van der Waals surface area contributed by atoms with Crippen LogP contribution in [0.5, 0.6) is 0 Å². The Kier molecular flexibility index (Phi) is 11.0. The molecule has 0 aliphatic heterocycles. The molecule has 0 spiro atoms. The van der Waals surface area contributed by atoms with Crippen LogP contribution in [0.25, 0.3) is 0 Å². The summed E-state index contributed by atoms with van der Waals surface area (Å²) in [4.78, 5) is 14.0. The summed E-state index contributed by atoms with van der Waals surface area (Å²) in [7, 11) is 0. The van der Waals surface area contributed by atoms with Gasteiger partial charge in [0, 0.05) is 19.4 Å². The molecule has 0 aromatic carbocycles. The van der Waals surface area contributed by atoms with E-state index in [1.54, 1.807) is 0 Å². The molecule has 0 rings (SSSR count). The molecular weight excluding hydrogens is 248 g/mol. The van der Waals surface area contributed by atoms with Gasteiger partial charge < -0.3 is 15.4 Å². The summed E-state index contributed by atoms with van der Waals surface area (Å²) in [5.74, 6) is -0.0849. The molecule has 0 aliphatic carbocycles. The Hall–Kier alpha value is -0.680. The third-order valence-corrected chi connectivity index (χ3v) is 2.99. The van der Waals surface area contributed by atoms with Gasteiger partial charge in [-0.05, 0) is 32.9 Å². The van der Waals surface area contributed by atoms with Crippen LogP contribution in [0.2, 0.25) is 0 Å². The van der Waals surface area contributed by atoms with Crippen LogP contribution in [0.15, 0.2) is 0 Å². The number of carbonyl (C=O) groups is 1. The zero-order chi connectivity index (χ0) is 13.8. The van der Waals surface area contributed by atoms with Crippen molar-refractivity contribution in [2.24, 2.45) is 5.73 Å². The average Bonchev–Trinajstić information content (AvgIpc) is 2.32. The summed E-state index contributed by atoms with van der Waals surface area (Å²) in [6.07, 6.45) is 4.39. The second-order valence-electron chi connectivity index (χ2n) is 4.27. The maximum atomic E-state index is 11.1. The Morgan fingerprint density at radius 3 is 2.44 bits per heavy atom. The van der Waals surface area contributed by atoms with Gasteiger partial charge in [0.05, 0.1) is 11.6 Å². The first kappa shape index (κ1) is 17.3. The number of hydrogen-bond acceptors (Lipinski definition) is 4. The maximum Gasteiger partial charge on any atom is 0.305 e. The lowest BCUT2D eigenvalue weighted by atomic mass is 10.2. The van der Waals surface area contributed by atoms with Crippen LogP contribution < -0.4 is 5.73 Å². The average molecular weight is 274 g/mol. The zero-order valence-corrected chi connectivity index (χ0v) is 12.4. The molecule has 0 aromatic heterocycles. The van der Waals surface area contributed by atoms with Crippen LogP contribution in [0.3, 0.4) is 0 Å². The van der Waals surface area contributed by atoms with Gasteiger partial charge in [-0.2, -0.15) is 0 Å². The van der Waals surface area contributed by atoms with E-state index in [2.05, 4.69) is 11.8 Å². The van der Waals surface area contributed by atoms with E-state index in [0.29, 0.717) is 18.0 Å². The first-order valence-electron chi connectivity index (χ1n) is 6.76. The van der Waals surface area contributed by atoms with E-state index < -0.39 is 0 Å². The van der Waals surface area contributed by atoms with E-state index >= 15 is 0 Å². The number of rotatable bonds is 11. The number of carbonyl (C=O) groups excluding carboxylic acids is 1. The Balaban J connectivity index is 3.50. The lowest BCUT2D eigenvalue weighted by Gasteiger charge is -2.19. The van der Waals surface area contributed by atoms with E-state index in [4.69, 9.17) is 22.7 Å². The number of ether oxygens (including phenoxy) is 1. The standard InChI is InChI=1S/C13H26N2O2S/c1-3-15(11-9-12(14)18)10-7-5-6-8-13(16)17-4-2/h3-11H2,1-2H3,(H2,14,18). The van der Waals surface area contributed by atoms with Crippen LogP contribution in [0.4, 0.5) is 0 Å². The number of hydrogen-bond donors (Lipinski definition) is 1. The highest BCUT2D eigenvalue weighted by Crippen LogP contribution is 2.03. The minimum absolute atomic E-state index is 0.0849. The minimum Gasteiger partial charge on any atom is -0.466 e. The van der Waals surface area contributed by atoms with Gasteiger partial charge in [0.1, 0.15) is 0 Å². The fourth-order valence-electron chi connectivity index (χ4n) is 1.71. The van der Waals surface area contributed by atoms with Crippen molar-refractivity contribution in [2.45, 2.75) is 46.0 Å². The summed E-state index contributed by atoms with van der Waals surface area (Å²) in [5, 5.41) is 0. The molecule has 0 aromatic rings. The predicted molar refractivity (Wildman–Crippen MR) is 78.6 cm³/mol. The largest absolute Gasteiger partial charge is 0.466 e. The van der Waals surface area contributed by atoms with E-state index in [1.165, 1.54) is 0 Å². The zero-order valence-electron chi connectivity index (χ0n) is 11.6. The highest BCUT2D eigenvalue weighted by atomic mass is 32.1. The van der Waals surface area contributed by atoms with E-state index in [0.717, 1.165) is 45.3 Å². The molecule has 0 aliphatic rings. The van der Waals surface area contributed by atoms with E-state index in [9.17, 15) is 4.79 Å². The molecule has 0 bridgehead atoms. The molecule has 0 heterocycles. The molecule has 0 atom stereocenters. The number of esters is 1. The molecule has 0 radical (unpaired) electrons. The van der Waals surface area contributed by atoms with Crippen molar-refractivity contribution >= 4 is 23.2 Å². The fourth-order valence-corrected chi connectivity index (χ4v) is 1.80. The summed E-state index contributed by atoms with van der Waals surface area (Å²) in [6, 6.07) is 0. The third kappa shape index (κ3) is 10.5. The van der Waals surface area contributed by atoms with Crippen molar-refractivity contribution in [1.82, 2.24) is 4.90 Å². The van der Waals surface area contributed by atoms with Gasteiger partial charge in [0.25, 0.3) is 0 Å². The topological polar surface area (TPSA) is 55.6 Å². The lowest BCUT2D eigenvalue weighted by molar-refractivity contribution is -0.143. The van der Waals surface area contributed by atoms with E-state index in [-0.39, 0.29) is 5.97 Å². The number of nitrogens with zero attached hydrogens (tertiary/aromatic N) is 1. The quantitative estimate of drug-likeness (QED) is 0.355. The van der Waals surface area contributed by atoms with Crippen molar-refractivity contribution in [3.8, 4) is 0 Å². The van der Waals surface area contributed by atoms with Crippen molar-refractivity contribution in [3.63, 3.8) is 0 Å². The van der Waals surface area contributed by atoms with Crippen LogP contribution in [0.1, 0.15) is 46.0 Å². The molecule has 106 valence electrons.